The molecule has 0 bridgehead atoms. The molecule has 1 heterocycles. The number of carbonyl (C=O) groups excluding carboxylic acids is 1. The van der Waals surface area contributed by atoms with Gasteiger partial charge in [0.15, 0.2) is 0 Å². The van der Waals surface area contributed by atoms with E-state index in [0.717, 1.165) is 23.9 Å². The number of ether oxygens (including phenoxy) is 1. The van der Waals surface area contributed by atoms with Crippen molar-refractivity contribution in [2.75, 3.05) is 24.3 Å². The number of hydrogen-bond donors (Lipinski definition) is 2. The van der Waals surface area contributed by atoms with Gasteiger partial charge in [-0.1, -0.05) is 0 Å². The van der Waals surface area contributed by atoms with E-state index in [4.69, 9.17) is 10.5 Å². The van der Waals surface area contributed by atoms with Crippen molar-refractivity contribution in [1.82, 2.24) is 0 Å². The summed E-state index contributed by atoms with van der Waals surface area (Å²) >= 11 is 3.38. The molecular formula is C12H15BrN2O2. The van der Waals surface area contributed by atoms with Gasteiger partial charge in [-0.3, -0.25) is 4.79 Å². The molecule has 1 aromatic carbocycles. The first-order valence-corrected chi connectivity index (χ1v) is 6.40. The fourth-order valence-electron chi connectivity index (χ4n) is 1.82. The van der Waals surface area contributed by atoms with E-state index in [-0.39, 0.29) is 11.8 Å². The lowest BCUT2D eigenvalue weighted by atomic mass is 10.0. The first-order valence-electron chi connectivity index (χ1n) is 5.60. The van der Waals surface area contributed by atoms with Crippen LogP contribution in [0.4, 0.5) is 11.4 Å². The molecular weight excluding hydrogens is 284 g/mol. The van der Waals surface area contributed by atoms with Gasteiger partial charge in [0.25, 0.3) is 0 Å². The third-order valence-electron chi connectivity index (χ3n) is 2.78. The van der Waals surface area contributed by atoms with Crippen LogP contribution in [0.1, 0.15) is 12.8 Å². The minimum absolute atomic E-state index is 0.00370. The number of nitrogens with one attached hydrogen (secondary N) is 1. The molecule has 0 saturated carbocycles. The molecule has 1 amide bonds. The fourth-order valence-corrected chi connectivity index (χ4v) is 2.17. The summed E-state index contributed by atoms with van der Waals surface area (Å²) in [7, 11) is 0. The van der Waals surface area contributed by atoms with Crippen LogP contribution in [0.15, 0.2) is 22.7 Å². The third-order valence-corrected chi connectivity index (χ3v) is 3.47. The first kappa shape index (κ1) is 12.4. The summed E-state index contributed by atoms with van der Waals surface area (Å²) < 4.78 is 6.13. The minimum atomic E-state index is -0.0583. The van der Waals surface area contributed by atoms with Crippen LogP contribution in [0, 0.1) is 5.92 Å². The van der Waals surface area contributed by atoms with Gasteiger partial charge in [-0.2, -0.15) is 0 Å². The molecule has 1 aliphatic heterocycles. The zero-order valence-electron chi connectivity index (χ0n) is 9.41. The van der Waals surface area contributed by atoms with E-state index < -0.39 is 0 Å². The molecule has 5 heteroatoms. The Morgan fingerprint density at radius 1 is 1.53 bits per heavy atom. The van der Waals surface area contributed by atoms with Gasteiger partial charge in [-0.15, -0.1) is 0 Å². The second-order valence-corrected chi connectivity index (χ2v) is 5.00. The SMILES string of the molecule is Nc1ccc(Br)c(NC(=O)C2CCCOC2)c1. The maximum Gasteiger partial charge on any atom is 0.229 e. The number of carbonyl (C=O) groups is 1. The summed E-state index contributed by atoms with van der Waals surface area (Å²) in [5, 5.41) is 2.87. The molecule has 1 unspecified atom stereocenters. The lowest BCUT2D eigenvalue weighted by molar-refractivity contribution is -0.123. The summed E-state index contributed by atoms with van der Waals surface area (Å²) in [6.07, 6.45) is 1.82. The second-order valence-electron chi connectivity index (χ2n) is 4.14. The zero-order chi connectivity index (χ0) is 12.3. The van der Waals surface area contributed by atoms with Gasteiger partial charge < -0.3 is 15.8 Å². The van der Waals surface area contributed by atoms with E-state index in [1.165, 1.54) is 0 Å². The van der Waals surface area contributed by atoms with Crippen LogP contribution < -0.4 is 11.1 Å². The van der Waals surface area contributed by atoms with Gasteiger partial charge in [0.2, 0.25) is 5.91 Å². The van der Waals surface area contributed by atoms with Crippen molar-refractivity contribution in [3.63, 3.8) is 0 Å². The van der Waals surface area contributed by atoms with Crippen LogP contribution >= 0.6 is 15.9 Å². The second kappa shape index (κ2) is 5.51. The predicted octanol–water partition coefficient (Wildman–Crippen LogP) is 2.40. The number of rotatable bonds is 2. The van der Waals surface area contributed by atoms with Gasteiger partial charge in [0.1, 0.15) is 0 Å². The summed E-state index contributed by atoms with van der Waals surface area (Å²) in [5.74, 6) is -0.0620. The number of amides is 1. The molecule has 1 saturated heterocycles. The Morgan fingerprint density at radius 3 is 3.06 bits per heavy atom. The van der Waals surface area contributed by atoms with Gasteiger partial charge in [-0.05, 0) is 47.0 Å². The molecule has 0 spiro atoms. The van der Waals surface area contributed by atoms with E-state index in [0.29, 0.717) is 18.0 Å². The molecule has 0 aromatic heterocycles. The molecule has 1 aromatic rings. The number of benzene rings is 1. The molecule has 4 nitrogen and oxygen atoms in total. The molecule has 0 aliphatic carbocycles. The monoisotopic (exact) mass is 298 g/mol. The average molecular weight is 299 g/mol. The molecule has 1 aliphatic rings. The first-order chi connectivity index (χ1) is 8.16. The Morgan fingerprint density at radius 2 is 2.35 bits per heavy atom. The lowest BCUT2D eigenvalue weighted by Gasteiger charge is -2.21. The number of hydrogen-bond acceptors (Lipinski definition) is 3. The zero-order valence-corrected chi connectivity index (χ0v) is 11.0. The average Bonchev–Trinajstić information content (AvgIpc) is 2.35. The largest absolute Gasteiger partial charge is 0.399 e. The van der Waals surface area contributed by atoms with E-state index in [9.17, 15) is 4.79 Å². The molecule has 1 fully saturated rings. The maximum absolute atomic E-state index is 12.0. The van der Waals surface area contributed by atoms with Crippen molar-refractivity contribution in [2.24, 2.45) is 5.92 Å². The van der Waals surface area contributed by atoms with E-state index in [1.807, 2.05) is 6.07 Å². The number of nitrogens with two attached hydrogens (primary N) is 1. The smallest absolute Gasteiger partial charge is 0.229 e. The summed E-state index contributed by atoms with van der Waals surface area (Å²) in [5.41, 5.74) is 7.02. The van der Waals surface area contributed by atoms with Crippen molar-refractivity contribution in [3.8, 4) is 0 Å². The van der Waals surface area contributed by atoms with Gasteiger partial charge in [0, 0.05) is 16.8 Å². The van der Waals surface area contributed by atoms with Crippen molar-refractivity contribution in [2.45, 2.75) is 12.8 Å². The van der Waals surface area contributed by atoms with E-state index in [1.54, 1.807) is 12.1 Å². The Kier molecular flexibility index (Phi) is 4.02. The standard InChI is InChI=1S/C12H15BrN2O2/c13-10-4-3-9(14)6-11(10)15-12(16)8-2-1-5-17-7-8/h3-4,6,8H,1-2,5,7,14H2,(H,15,16). The van der Waals surface area contributed by atoms with Gasteiger partial charge in [0.05, 0.1) is 18.2 Å². The highest BCUT2D eigenvalue weighted by Crippen LogP contribution is 2.26. The van der Waals surface area contributed by atoms with Crippen molar-refractivity contribution in [1.29, 1.82) is 0 Å². The molecule has 0 radical (unpaired) electrons. The topological polar surface area (TPSA) is 64.3 Å². The predicted molar refractivity (Wildman–Crippen MR) is 70.7 cm³/mol. The van der Waals surface area contributed by atoms with Crippen LogP contribution in [0.3, 0.4) is 0 Å². The summed E-state index contributed by atoms with van der Waals surface area (Å²) in [6.45, 7) is 1.26. The Bertz CT molecular complexity index is 417. The van der Waals surface area contributed by atoms with Crippen LogP contribution in [-0.4, -0.2) is 19.1 Å². The van der Waals surface area contributed by atoms with E-state index in [2.05, 4.69) is 21.2 Å². The maximum atomic E-state index is 12.0. The Balaban J connectivity index is 2.04. The Hall–Kier alpha value is -1.07. The highest BCUT2D eigenvalue weighted by Gasteiger charge is 2.22. The number of nitrogen functional groups attached to an aromatic ring is 1. The van der Waals surface area contributed by atoms with Gasteiger partial charge in [-0.25, -0.2) is 0 Å². The minimum Gasteiger partial charge on any atom is -0.399 e. The van der Waals surface area contributed by atoms with Crippen LogP contribution in [0.2, 0.25) is 0 Å². The molecule has 2 rings (SSSR count). The van der Waals surface area contributed by atoms with Crippen molar-refractivity contribution < 1.29 is 9.53 Å². The van der Waals surface area contributed by atoms with Crippen molar-refractivity contribution in [3.05, 3.63) is 22.7 Å². The van der Waals surface area contributed by atoms with Crippen molar-refractivity contribution >= 4 is 33.2 Å². The highest BCUT2D eigenvalue weighted by molar-refractivity contribution is 9.10. The number of halogens is 1. The normalized spacial score (nSPS) is 19.9. The molecule has 17 heavy (non-hydrogen) atoms. The molecule has 3 N–H and O–H groups in total. The fraction of sp³-hybridized carbons (Fsp3) is 0.417. The summed E-state index contributed by atoms with van der Waals surface area (Å²) in [4.78, 5) is 12.0. The molecule has 92 valence electrons. The quantitative estimate of drug-likeness (QED) is 0.824. The number of anilines is 2. The highest BCUT2D eigenvalue weighted by atomic mass is 79.9. The van der Waals surface area contributed by atoms with E-state index >= 15 is 0 Å². The van der Waals surface area contributed by atoms with Crippen LogP contribution in [0.25, 0.3) is 0 Å². The molecule has 1 atom stereocenters. The summed E-state index contributed by atoms with van der Waals surface area (Å²) in [6, 6.07) is 5.34. The lowest BCUT2D eigenvalue weighted by Crippen LogP contribution is -2.30. The van der Waals surface area contributed by atoms with Crippen LogP contribution in [-0.2, 0) is 9.53 Å². The Labute approximate surface area is 109 Å². The third kappa shape index (κ3) is 3.20. The van der Waals surface area contributed by atoms with Crippen LogP contribution in [0.5, 0.6) is 0 Å². The van der Waals surface area contributed by atoms with Gasteiger partial charge >= 0.3 is 0 Å².